The zero-order valence-corrected chi connectivity index (χ0v) is 13.6. The first kappa shape index (κ1) is 21.8. The van der Waals surface area contributed by atoms with Gasteiger partial charge in [-0.05, 0) is 6.42 Å². The summed E-state index contributed by atoms with van der Waals surface area (Å²) < 4.78 is 31.1. The summed E-state index contributed by atoms with van der Waals surface area (Å²) in [6.45, 7) is 2.23. The Morgan fingerprint density at radius 2 is 1.00 bits per heavy atom. The zero-order chi connectivity index (χ0) is 13.7. The third kappa shape index (κ3) is 21.0. The molecule has 0 atom stereocenters. The molecule has 0 aliphatic carbocycles. The molecule has 0 spiro atoms. The average Bonchev–Trinajstić information content (AvgIpc) is 2.29. The van der Waals surface area contributed by atoms with Gasteiger partial charge < -0.3 is 4.55 Å². The van der Waals surface area contributed by atoms with Crippen LogP contribution in [0, 0.1) is 0 Å². The van der Waals surface area contributed by atoms with Crippen LogP contribution < -0.4 is 18.9 Å². The van der Waals surface area contributed by atoms with Gasteiger partial charge in [-0.2, -0.15) is 0 Å². The van der Waals surface area contributed by atoms with E-state index in [1.54, 1.807) is 0 Å². The molecule has 0 aliphatic heterocycles. The van der Waals surface area contributed by atoms with E-state index in [4.69, 9.17) is 0 Å². The van der Waals surface area contributed by atoms with Crippen molar-refractivity contribution in [3.8, 4) is 0 Å². The van der Waals surface area contributed by atoms with Crippen LogP contribution in [-0.2, 0) is 10.1 Å². The molecule has 0 aliphatic rings. The minimum atomic E-state index is -3.99. The van der Waals surface area contributed by atoms with Crippen LogP contribution >= 0.6 is 0 Å². The van der Waals surface area contributed by atoms with Crippen molar-refractivity contribution < 1.29 is 31.8 Å². The normalized spacial score (nSPS) is 11.3. The van der Waals surface area contributed by atoms with Crippen molar-refractivity contribution in [2.45, 2.75) is 84.0 Å². The van der Waals surface area contributed by atoms with Crippen LogP contribution in [0.15, 0.2) is 0 Å². The zero-order valence-electron chi connectivity index (χ0n) is 12.8. The Labute approximate surface area is 131 Å². The number of hydrogen-bond acceptors (Lipinski definition) is 3. The van der Waals surface area contributed by atoms with Gasteiger partial charge in [-0.1, -0.05) is 77.6 Å². The maximum absolute atomic E-state index is 10.4. The second kappa shape index (κ2) is 14.9. The van der Waals surface area contributed by atoms with Crippen molar-refractivity contribution in [1.29, 1.82) is 0 Å². The predicted molar refractivity (Wildman–Crippen MR) is 75.6 cm³/mol. The Morgan fingerprint density at radius 1 is 0.684 bits per heavy atom. The summed E-state index contributed by atoms with van der Waals surface area (Å²) >= 11 is 0. The molecule has 3 nitrogen and oxygen atoms in total. The van der Waals surface area contributed by atoms with Crippen LogP contribution in [0.4, 0.5) is 0 Å². The van der Waals surface area contributed by atoms with Crippen LogP contribution in [0.1, 0.15) is 84.0 Å². The summed E-state index contributed by atoms with van der Waals surface area (Å²) in [6, 6.07) is 0. The van der Waals surface area contributed by atoms with Crippen molar-refractivity contribution in [1.82, 2.24) is 0 Å². The molecule has 0 heterocycles. The van der Waals surface area contributed by atoms with E-state index in [0.717, 1.165) is 12.8 Å². The molecule has 0 aromatic heterocycles. The fourth-order valence-corrected chi connectivity index (χ4v) is 2.68. The molecule has 5 heteroatoms. The molecule has 0 unspecified atom stereocenters. The van der Waals surface area contributed by atoms with E-state index in [0.29, 0.717) is 6.42 Å². The van der Waals surface area contributed by atoms with Gasteiger partial charge in [0.2, 0.25) is 0 Å². The van der Waals surface area contributed by atoms with Gasteiger partial charge in [0, 0.05) is 5.75 Å². The van der Waals surface area contributed by atoms with Crippen LogP contribution in [-0.4, -0.2) is 18.7 Å². The largest absolute Gasteiger partial charge is 1.00 e. The molecule has 110 valence electrons. The van der Waals surface area contributed by atoms with Gasteiger partial charge in [0.05, 0.1) is 10.1 Å². The SMILES string of the molecule is CCCCCCCCCCCCCCS(=O)(=O)[O-].[Li+]. The molecule has 0 N–H and O–H groups in total. The van der Waals surface area contributed by atoms with Gasteiger partial charge in [0.1, 0.15) is 0 Å². The van der Waals surface area contributed by atoms with Crippen molar-refractivity contribution >= 4 is 10.1 Å². The van der Waals surface area contributed by atoms with Crippen molar-refractivity contribution in [2.75, 3.05) is 5.75 Å². The minimum Gasteiger partial charge on any atom is -0.748 e. The van der Waals surface area contributed by atoms with E-state index in [1.807, 2.05) is 0 Å². The summed E-state index contributed by atoms with van der Waals surface area (Å²) in [5.74, 6) is -0.190. The van der Waals surface area contributed by atoms with Gasteiger partial charge in [0.15, 0.2) is 0 Å². The molecule has 0 bridgehead atoms. The van der Waals surface area contributed by atoms with Crippen molar-refractivity contribution in [3.63, 3.8) is 0 Å². The van der Waals surface area contributed by atoms with Crippen molar-refractivity contribution in [3.05, 3.63) is 0 Å². The molecule has 0 amide bonds. The molecule has 0 aromatic carbocycles. The van der Waals surface area contributed by atoms with E-state index < -0.39 is 10.1 Å². The summed E-state index contributed by atoms with van der Waals surface area (Å²) in [4.78, 5) is 0. The fraction of sp³-hybridized carbons (Fsp3) is 1.00. The average molecular weight is 284 g/mol. The topological polar surface area (TPSA) is 57.2 Å². The standard InChI is InChI=1S/C14H30O3S.Li/c1-2-3-4-5-6-7-8-9-10-11-12-13-14-18(15,16)17;/h2-14H2,1H3,(H,15,16,17);/q;+1/p-1. The number of rotatable bonds is 13. The molecule has 0 saturated carbocycles. The minimum absolute atomic E-state index is 0. The Kier molecular flexibility index (Phi) is 17.1. The summed E-state index contributed by atoms with van der Waals surface area (Å²) in [5, 5.41) is 0. The molecular weight excluding hydrogens is 255 g/mol. The first-order valence-electron chi connectivity index (χ1n) is 7.50. The van der Waals surface area contributed by atoms with E-state index in [2.05, 4.69) is 6.92 Å². The van der Waals surface area contributed by atoms with Crippen LogP contribution in [0.3, 0.4) is 0 Å². The Hall–Kier alpha value is 0.507. The first-order valence-corrected chi connectivity index (χ1v) is 9.07. The van der Waals surface area contributed by atoms with Gasteiger partial charge in [0.25, 0.3) is 0 Å². The predicted octanol–water partition coefficient (Wildman–Crippen LogP) is 1.24. The van der Waals surface area contributed by atoms with Crippen LogP contribution in [0.2, 0.25) is 0 Å². The second-order valence-corrected chi connectivity index (χ2v) is 6.67. The van der Waals surface area contributed by atoms with E-state index in [-0.39, 0.29) is 24.6 Å². The number of hydrogen-bond donors (Lipinski definition) is 0. The van der Waals surface area contributed by atoms with Gasteiger partial charge in [-0.15, -0.1) is 0 Å². The van der Waals surface area contributed by atoms with Gasteiger partial charge >= 0.3 is 18.9 Å². The van der Waals surface area contributed by atoms with Crippen molar-refractivity contribution in [2.24, 2.45) is 0 Å². The van der Waals surface area contributed by atoms with E-state index in [1.165, 1.54) is 57.8 Å². The van der Waals surface area contributed by atoms with Gasteiger partial charge in [-0.25, -0.2) is 8.42 Å². The molecule has 0 radical (unpaired) electrons. The first-order chi connectivity index (χ1) is 8.56. The molecule has 0 rings (SSSR count). The monoisotopic (exact) mass is 284 g/mol. The van der Waals surface area contributed by atoms with Crippen LogP contribution in [0.25, 0.3) is 0 Å². The Balaban J connectivity index is 0. The number of unbranched alkanes of at least 4 members (excludes halogenated alkanes) is 11. The molecule has 0 saturated heterocycles. The third-order valence-corrected chi connectivity index (χ3v) is 4.04. The fourth-order valence-electron chi connectivity index (χ4n) is 2.12. The summed E-state index contributed by atoms with van der Waals surface area (Å²) in [5.41, 5.74) is 0. The maximum atomic E-state index is 10.4. The second-order valence-electron chi connectivity index (χ2n) is 5.15. The molecule has 19 heavy (non-hydrogen) atoms. The molecule has 0 fully saturated rings. The smallest absolute Gasteiger partial charge is 0.748 e. The molecule has 0 aromatic rings. The summed E-state index contributed by atoms with van der Waals surface area (Å²) in [7, 11) is -3.99. The maximum Gasteiger partial charge on any atom is 1.00 e. The third-order valence-electron chi connectivity index (χ3n) is 3.25. The summed E-state index contributed by atoms with van der Waals surface area (Å²) in [6.07, 6.45) is 14.3. The van der Waals surface area contributed by atoms with Gasteiger partial charge in [-0.3, -0.25) is 0 Å². The van der Waals surface area contributed by atoms with E-state index >= 15 is 0 Å². The molecular formula is C14H29LiO3S. The Bertz CT molecular complexity index is 266. The van der Waals surface area contributed by atoms with E-state index in [9.17, 15) is 13.0 Å². The van der Waals surface area contributed by atoms with Crippen LogP contribution in [0.5, 0.6) is 0 Å². The quantitative estimate of drug-likeness (QED) is 0.290. The Morgan fingerprint density at radius 3 is 1.32 bits per heavy atom.